The number of carbonyl (C=O) groups excluding carboxylic acids is 2. The molecule has 1 N–H and O–H groups in total. The fourth-order valence-electron chi connectivity index (χ4n) is 2.62. The van der Waals surface area contributed by atoms with Crippen molar-refractivity contribution in [2.75, 3.05) is 16.8 Å². The zero-order valence-corrected chi connectivity index (χ0v) is 12.9. The molecule has 1 unspecified atom stereocenters. The third-order valence-electron chi connectivity index (χ3n) is 3.95. The highest BCUT2D eigenvalue weighted by Crippen LogP contribution is 2.26. The molecule has 1 aromatic carbocycles. The summed E-state index contributed by atoms with van der Waals surface area (Å²) in [5, 5.41) is 2.65. The Morgan fingerprint density at radius 1 is 1.26 bits per heavy atom. The maximum Gasteiger partial charge on any atom is 0.232 e. The van der Waals surface area contributed by atoms with E-state index in [1.54, 1.807) is 23.4 Å². The maximum absolute atomic E-state index is 12.3. The topological polar surface area (TPSA) is 75.2 Å². The lowest BCUT2D eigenvalue weighted by molar-refractivity contribution is -0.122. The van der Waals surface area contributed by atoms with Gasteiger partial charge in [0.2, 0.25) is 17.8 Å². The van der Waals surface area contributed by atoms with E-state index in [2.05, 4.69) is 22.2 Å². The van der Waals surface area contributed by atoms with Crippen molar-refractivity contribution in [3.8, 4) is 0 Å². The molecule has 0 aliphatic carbocycles. The molecule has 0 saturated carbocycles. The Hall–Kier alpha value is -2.76. The van der Waals surface area contributed by atoms with E-state index in [-0.39, 0.29) is 24.2 Å². The molecular weight excluding hydrogens is 292 g/mol. The van der Waals surface area contributed by atoms with Gasteiger partial charge in [-0.25, -0.2) is 9.97 Å². The van der Waals surface area contributed by atoms with Gasteiger partial charge in [-0.3, -0.25) is 14.9 Å². The van der Waals surface area contributed by atoms with E-state index in [9.17, 15) is 9.59 Å². The Balaban J connectivity index is 1.67. The molecule has 1 atom stereocenters. The van der Waals surface area contributed by atoms with Gasteiger partial charge in [0.15, 0.2) is 0 Å². The summed E-state index contributed by atoms with van der Waals surface area (Å²) in [5.74, 6) is -0.395. The van der Waals surface area contributed by atoms with Crippen molar-refractivity contribution >= 4 is 23.5 Å². The highest BCUT2D eigenvalue weighted by Gasteiger charge is 2.35. The molecule has 0 bridgehead atoms. The number of aromatic nitrogens is 2. The first-order valence-corrected chi connectivity index (χ1v) is 7.64. The number of carbonyl (C=O) groups is 2. The minimum Gasteiger partial charge on any atom is -0.312 e. The number of amides is 2. The van der Waals surface area contributed by atoms with E-state index in [1.807, 2.05) is 24.3 Å². The number of hydrogen-bond donors (Lipinski definition) is 1. The van der Waals surface area contributed by atoms with Gasteiger partial charge in [0, 0.05) is 31.0 Å². The van der Waals surface area contributed by atoms with Crippen LogP contribution in [0.1, 0.15) is 18.9 Å². The van der Waals surface area contributed by atoms with E-state index in [0.717, 1.165) is 12.1 Å². The van der Waals surface area contributed by atoms with Gasteiger partial charge in [-0.2, -0.15) is 0 Å². The molecule has 6 heteroatoms. The van der Waals surface area contributed by atoms with Crippen LogP contribution in [0, 0.1) is 5.92 Å². The van der Waals surface area contributed by atoms with Crippen LogP contribution in [0.5, 0.6) is 0 Å². The second-order valence-corrected chi connectivity index (χ2v) is 5.49. The van der Waals surface area contributed by atoms with Crippen molar-refractivity contribution in [2.45, 2.75) is 19.8 Å². The van der Waals surface area contributed by atoms with Gasteiger partial charge in [-0.15, -0.1) is 0 Å². The Morgan fingerprint density at radius 2 is 1.96 bits per heavy atom. The van der Waals surface area contributed by atoms with Crippen molar-refractivity contribution in [3.05, 3.63) is 48.3 Å². The largest absolute Gasteiger partial charge is 0.312 e. The number of hydrogen-bond acceptors (Lipinski definition) is 4. The zero-order chi connectivity index (χ0) is 16.2. The van der Waals surface area contributed by atoms with E-state index in [1.165, 1.54) is 5.56 Å². The molecule has 23 heavy (non-hydrogen) atoms. The van der Waals surface area contributed by atoms with Crippen LogP contribution in [-0.4, -0.2) is 28.3 Å². The van der Waals surface area contributed by atoms with Gasteiger partial charge < -0.3 is 4.90 Å². The van der Waals surface area contributed by atoms with Crippen LogP contribution in [0.3, 0.4) is 0 Å². The van der Waals surface area contributed by atoms with Crippen LogP contribution in [0.15, 0.2) is 42.7 Å². The zero-order valence-electron chi connectivity index (χ0n) is 12.9. The van der Waals surface area contributed by atoms with E-state index in [4.69, 9.17) is 0 Å². The van der Waals surface area contributed by atoms with Gasteiger partial charge in [0.05, 0.1) is 5.92 Å². The predicted octanol–water partition coefficient (Wildman–Crippen LogP) is 2.03. The van der Waals surface area contributed by atoms with Crippen LogP contribution in [0.25, 0.3) is 0 Å². The molecule has 1 aliphatic heterocycles. The van der Waals surface area contributed by atoms with E-state index in [0.29, 0.717) is 6.54 Å². The highest BCUT2D eigenvalue weighted by atomic mass is 16.2. The Kier molecular flexibility index (Phi) is 4.32. The maximum atomic E-state index is 12.3. The van der Waals surface area contributed by atoms with Gasteiger partial charge in [0.25, 0.3) is 0 Å². The highest BCUT2D eigenvalue weighted by molar-refractivity contribution is 6.03. The summed E-state index contributed by atoms with van der Waals surface area (Å²) in [7, 11) is 0. The molecule has 2 heterocycles. The SMILES string of the molecule is CCc1ccc(N2CC(C(=O)Nc3ncccn3)CC2=O)cc1. The smallest absolute Gasteiger partial charge is 0.232 e. The minimum absolute atomic E-state index is 0.0385. The molecule has 3 rings (SSSR count). The first-order valence-electron chi connectivity index (χ1n) is 7.64. The summed E-state index contributed by atoms with van der Waals surface area (Å²) < 4.78 is 0. The van der Waals surface area contributed by atoms with Crippen molar-refractivity contribution in [1.29, 1.82) is 0 Å². The molecule has 2 aromatic rings. The van der Waals surface area contributed by atoms with Crippen molar-refractivity contribution in [3.63, 3.8) is 0 Å². The Morgan fingerprint density at radius 3 is 2.61 bits per heavy atom. The van der Waals surface area contributed by atoms with Crippen molar-refractivity contribution in [2.24, 2.45) is 5.92 Å². The summed E-state index contributed by atoms with van der Waals surface area (Å²) in [6, 6.07) is 9.55. The molecule has 6 nitrogen and oxygen atoms in total. The average molecular weight is 310 g/mol. The molecule has 1 aliphatic rings. The number of nitrogens with one attached hydrogen (secondary N) is 1. The summed E-state index contributed by atoms with van der Waals surface area (Å²) in [5.41, 5.74) is 2.05. The second-order valence-electron chi connectivity index (χ2n) is 5.49. The van der Waals surface area contributed by atoms with E-state index >= 15 is 0 Å². The Bertz CT molecular complexity index is 700. The number of anilines is 2. The fourth-order valence-corrected chi connectivity index (χ4v) is 2.62. The predicted molar refractivity (Wildman–Crippen MR) is 86.9 cm³/mol. The van der Waals surface area contributed by atoms with Crippen molar-refractivity contribution < 1.29 is 9.59 Å². The number of aryl methyl sites for hydroxylation is 1. The van der Waals surface area contributed by atoms with Crippen LogP contribution >= 0.6 is 0 Å². The minimum atomic E-state index is -0.392. The molecule has 0 radical (unpaired) electrons. The summed E-state index contributed by atoms with van der Waals surface area (Å²) in [6.07, 6.45) is 4.28. The lowest BCUT2D eigenvalue weighted by Gasteiger charge is -2.17. The molecule has 1 fully saturated rings. The average Bonchev–Trinajstić information content (AvgIpc) is 2.98. The standard InChI is InChI=1S/C17H18N4O2/c1-2-12-4-6-14(7-5-12)21-11-13(10-15(21)22)16(23)20-17-18-8-3-9-19-17/h3-9,13H,2,10-11H2,1H3,(H,18,19,20,23). The molecular formula is C17H18N4O2. The third kappa shape index (κ3) is 3.36. The monoisotopic (exact) mass is 310 g/mol. The van der Waals surface area contributed by atoms with Crippen LogP contribution in [0.2, 0.25) is 0 Å². The molecule has 0 spiro atoms. The molecule has 1 aromatic heterocycles. The summed E-state index contributed by atoms with van der Waals surface area (Å²) in [4.78, 5) is 34.1. The second kappa shape index (κ2) is 6.56. The van der Waals surface area contributed by atoms with Crippen LogP contribution in [-0.2, 0) is 16.0 Å². The third-order valence-corrected chi connectivity index (χ3v) is 3.95. The van der Waals surface area contributed by atoms with Crippen LogP contribution in [0.4, 0.5) is 11.6 Å². The normalized spacial score (nSPS) is 17.3. The first-order chi connectivity index (χ1) is 11.2. The first kappa shape index (κ1) is 15.1. The number of nitrogens with zero attached hydrogens (tertiary/aromatic N) is 3. The van der Waals surface area contributed by atoms with Crippen molar-refractivity contribution in [1.82, 2.24) is 9.97 Å². The molecule has 2 amide bonds. The van der Waals surface area contributed by atoms with Gasteiger partial charge in [0.1, 0.15) is 0 Å². The van der Waals surface area contributed by atoms with Gasteiger partial charge in [-0.1, -0.05) is 19.1 Å². The lowest BCUT2D eigenvalue weighted by atomic mass is 10.1. The van der Waals surface area contributed by atoms with Gasteiger partial charge >= 0.3 is 0 Å². The molecule has 118 valence electrons. The lowest BCUT2D eigenvalue weighted by Crippen LogP contribution is -2.28. The summed E-state index contributed by atoms with van der Waals surface area (Å²) in [6.45, 7) is 2.46. The Labute approximate surface area is 134 Å². The van der Waals surface area contributed by atoms with Crippen LogP contribution < -0.4 is 10.2 Å². The van der Waals surface area contributed by atoms with Gasteiger partial charge in [-0.05, 0) is 30.2 Å². The fraction of sp³-hybridized carbons (Fsp3) is 0.294. The number of rotatable bonds is 4. The number of benzene rings is 1. The van der Waals surface area contributed by atoms with E-state index < -0.39 is 5.92 Å². The quantitative estimate of drug-likeness (QED) is 0.937. The summed E-state index contributed by atoms with van der Waals surface area (Å²) >= 11 is 0. The molecule has 1 saturated heterocycles.